The Hall–Kier alpha value is -3.09. The molecule has 6 rings (SSSR count). The summed E-state index contributed by atoms with van der Waals surface area (Å²) in [5.41, 5.74) is 2.97. The third kappa shape index (κ3) is 5.89. The smallest absolute Gasteiger partial charge is 0.264 e. The summed E-state index contributed by atoms with van der Waals surface area (Å²) in [6, 6.07) is 17.5. The molecule has 1 saturated heterocycles. The van der Waals surface area contributed by atoms with Crippen molar-refractivity contribution in [1.29, 1.82) is 0 Å². The molecule has 1 fully saturated rings. The van der Waals surface area contributed by atoms with E-state index in [1.54, 1.807) is 30.6 Å². The molecule has 9 nitrogen and oxygen atoms in total. The first-order valence-electron chi connectivity index (χ1n) is 13.4. The molecular formula is C29H31Cl2N5O4S2. The predicted octanol–water partition coefficient (Wildman–Crippen LogP) is 4.68. The Morgan fingerprint density at radius 3 is 2.50 bits per heavy atom. The molecule has 13 heteroatoms. The number of nitrogens with one attached hydrogen (secondary N) is 1. The van der Waals surface area contributed by atoms with E-state index in [1.807, 2.05) is 36.4 Å². The second kappa shape index (κ2) is 12.6. The predicted molar refractivity (Wildman–Crippen MR) is 171 cm³/mol. The summed E-state index contributed by atoms with van der Waals surface area (Å²) in [7, 11) is -2.09. The zero-order valence-corrected chi connectivity index (χ0v) is 26.2. The van der Waals surface area contributed by atoms with Gasteiger partial charge >= 0.3 is 0 Å². The highest BCUT2D eigenvalue weighted by molar-refractivity contribution is 7.92. The van der Waals surface area contributed by atoms with Crippen LogP contribution in [0.5, 0.6) is 5.75 Å². The number of halogens is 2. The number of fused-ring (bicyclic) bond motifs is 2. The van der Waals surface area contributed by atoms with Crippen molar-refractivity contribution in [3.63, 3.8) is 0 Å². The number of methoxy groups -OCH3 is 1. The Labute approximate surface area is 260 Å². The van der Waals surface area contributed by atoms with Gasteiger partial charge in [-0.3, -0.25) is 14.0 Å². The summed E-state index contributed by atoms with van der Waals surface area (Å²) in [5.74, 6) is 0.385. The Bertz CT molecular complexity index is 1690. The minimum atomic E-state index is -3.69. The Morgan fingerprint density at radius 2 is 1.76 bits per heavy atom. The van der Waals surface area contributed by atoms with Gasteiger partial charge in [0.05, 0.1) is 27.4 Å². The number of anilines is 2. The standard InChI is InChI=1S/C29H30ClN5O4S2.ClH/c1-39-27-23(30)10-11-25-26(27)32-29(40-25)34-18-16-33(17-19-34)15-13-31-28(36)21-6-8-22(9-7-21)41(37,38)35-14-12-20-4-2-3-5-24(20)35;/h2-11H,12-19H2,1H3,(H,31,36);1H. The number of hydrogen-bond acceptors (Lipinski definition) is 8. The Kier molecular flexibility index (Phi) is 9.14. The molecule has 0 radical (unpaired) electrons. The van der Waals surface area contributed by atoms with E-state index >= 15 is 0 Å². The van der Waals surface area contributed by atoms with E-state index in [2.05, 4.69) is 15.1 Å². The number of rotatable bonds is 8. The average molecular weight is 649 g/mol. The molecule has 0 aliphatic carbocycles. The van der Waals surface area contributed by atoms with Gasteiger partial charge in [-0.05, 0) is 54.4 Å². The molecule has 0 unspecified atom stereocenters. The number of para-hydroxylation sites is 1. The van der Waals surface area contributed by atoms with E-state index in [0.29, 0.717) is 35.8 Å². The van der Waals surface area contributed by atoms with Gasteiger partial charge in [0.25, 0.3) is 15.9 Å². The first-order chi connectivity index (χ1) is 19.8. The van der Waals surface area contributed by atoms with Crippen molar-refractivity contribution in [2.75, 3.05) is 62.1 Å². The van der Waals surface area contributed by atoms with Gasteiger partial charge in [0.1, 0.15) is 5.52 Å². The first-order valence-corrected chi connectivity index (χ1v) is 16.1. The summed E-state index contributed by atoms with van der Waals surface area (Å²) < 4.78 is 34.4. The minimum Gasteiger partial charge on any atom is -0.493 e. The number of amides is 1. The molecular weight excluding hydrogens is 617 g/mol. The van der Waals surface area contributed by atoms with E-state index in [4.69, 9.17) is 21.3 Å². The van der Waals surface area contributed by atoms with Crippen molar-refractivity contribution in [1.82, 2.24) is 15.2 Å². The summed E-state index contributed by atoms with van der Waals surface area (Å²) in [6.45, 7) is 5.03. The lowest BCUT2D eigenvalue weighted by atomic mass is 10.2. The van der Waals surface area contributed by atoms with Gasteiger partial charge in [0, 0.05) is 51.4 Å². The van der Waals surface area contributed by atoms with Gasteiger partial charge in [-0.15, -0.1) is 12.4 Å². The Morgan fingerprint density at radius 1 is 1.02 bits per heavy atom. The van der Waals surface area contributed by atoms with E-state index in [-0.39, 0.29) is 23.2 Å². The van der Waals surface area contributed by atoms with Crippen molar-refractivity contribution >= 4 is 72.3 Å². The topological polar surface area (TPSA) is 95.1 Å². The third-order valence-electron chi connectivity index (χ3n) is 7.56. The highest BCUT2D eigenvalue weighted by Crippen LogP contribution is 2.38. The zero-order chi connectivity index (χ0) is 28.6. The fraction of sp³-hybridized carbons (Fsp3) is 0.310. The fourth-order valence-corrected chi connectivity index (χ4v) is 8.07. The van der Waals surface area contributed by atoms with E-state index in [9.17, 15) is 13.2 Å². The maximum Gasteiger partial charge on any atom is 0.264 e. The quantitative estimate of drug-likeness (QED) is 0.297. The molecule has 0 saturated carbocycles. The molecule has 2 aliphatic rings. The second-order valence-electron chi connectivity index (χ2n) is 9.99. The molecule has 0 bridgehead atoms. The minimum absolute atomic E-state index is 0. The normalized spacial score (nSPS) is 15.4. The molecule has 3 aromatic carbocycles. The second-order valence-corrected chi connectivity index (χ2v) is 13.3. The number of benzene rings is 3. The molecule has 42 heavy (non-hydrogen) atoms. The number of aromatic nitrogens is 1. The van der Waals surface area contributed by atoms with Crippen LogP contribution >= 0.6 is 35.3 Å². The number of piperazine rings is 1. The van der Waals surface area contributed by atoms with Crippen LogP contribution in [-0.4, -0.2) is 77.1 Å². The van der Waals surface area contributed by atoms with E-state index in [1.165, 1.54) is 16.4 Å². The van der Waals surface area contributed by atoms with Crippen molar-refractivity contribution in [3.8, 4) is 5.75 Å². The summed E-state index contributed by atoms with van der Waals surface area (Å²) in [6.07, 6.45) is 0.692. The number of carbonyl (C=O) groups is 1. The summed E-state index contributed by atoms with van der Waals surface area (Å²) in [5, 5.41) is 4.47. The molecule has 1 N–H and O–H groups in total. The molecule has 4 aromatic rings. The van der Waals surface area contributed by atoms with Crippen LogP contribution in [0.1, 0.15) is 15.9 Å². The molecule has 0 atom stereocenters. The van der Waals surface area contributed by atoms with Crippen LogP contribution in [0.3, 0.4) is 0 Å². The lowest BCUT2D eigenvalue weighted by Crippen LogP contribution is -2.48. The average Bonchev–Trinajstić information content (AvgIpc) is 3.63. The maximum absolute atomic E-state index is 13.2. The van der Waals surface area contributed by atoms with E-state index < -0.39 is 10.0 Å². The van der Waals surface area contributed by atoms with Crippen LogP contribution in [-0.2, 0) is 16.4 Å². The molecule has 1 aromatic heterocycles. The van der Waals surface area contributed by atoms with Crippen molar-refractivity contribution < 1.29 is 17.9 Å². The van der Waals surface area contributed by atoms with Gasteiger partial charge in [0.2, 0.25) is 0 Å². The lowest BCUT2D eigenvalue weighted by Gasteiger charge is -2.34. The summed E-state index contributed by atoms with van der Waals surface area (Å²) in [4.78, 5) is 22.3. The van der Waals surface area contributed by atoms with Crippen molar-refractivity contribution in [2.24, 2.45) is 0 Å². The molecule has 1 amide bonds. The monoisotopic (exact) mass is 647 g/mol. The van der Waals surface area contributed by atoms with Crippen molar-refractivity contribution in [2.45, 2.75) is 11.3 Å². The largest absolute Gasteiger partial charge is 0.493 e. The van der Waals surface area contributed by atoms with Crippen molar-refractivity contribution in [3.05, 3.63) is 76.8 Å². The van der Waals surface area contributed by atoms with Gasteiger partial charge in [-0.25, -0.2) is 13.4 Å². The molecule has 222 valence electrons. The molecule has 3 heterocycles. The number of nitrogens with zero attached hydrogens (tertiary/aromatic N) is 4. The maximum atomic E-state index is 13.2. The van der Waals surface area contributed by atoms with Crippen LogP contribution in [0.4, 0.5) is 10.8 Å². The number of thiazole rings is 1. The number of sulfonamides is 1. The van der Waals surface area contributed by atoms with Crippen LogP contribution in [0.15, 0.2) is 65.6 Å². The van der Waals surface area contributed by atoms with E-state index in [0.717, 1.165) is 59.3 Å². The first kappa shape index (κ1) is 30.4. The number of ether oxygens (including phenoxy) is 1. The van der Waals surface area contributed by atoms with Crippen LogP contribution in [0.25, 0.3) is 10.2 Å². The highest BCUT2D eigenvalue weighted by Gasteiger charge is 2.30. The molecule has 0 spiro atoms. The van der Waals surface area contributed by atoms with Crippen LogP contribution in [0.2, 0.25) is 5.02 Å². The number of carbonyl (C=O) groups excluding carboxylic acids is 1. The van der Waals surface area contributed by atoms with Crippen LogP contribution in [0, 0.1) is 0 Å². The van der Waals surface area contributed by atoms with Gasteiger partial charge in [-0.1, -0.05) is 41.1 Å². The van der Waals surface area contributed by atoms with Gasteiger partial charge in [0.15, 0.2) is 10.9 Å². The number of hydrogen-bond donors (Lipinski definition) is 1. The fourth-order valence-electron chi connectivity index (χ4n) is 5.32. The molecule has 2 aliphatic heterocycles. The Balaban J connectivity index is 0.00000353. The van der Waals surface area contributed by atoms with Gasteiger partial charge in [-0.2, -0.15) is 0 Å². The lowest BCUT2D eigenvalue weighted by molar-refractivity contribution is 0.0947. The summed E-state index contributed by atoms with van der Waals surface area (Å²) >= 11 is 7.88. The van der Waals surface area contributed by atoms with Gasteiger partial charge < -0.3 is 15.0 Å². The highest BCUT2D eigenvalue weighted by atomic mass is 35.5. The third-order valence-corrected chi connectivity index (χ3v) is 10.8. The van der Waals surface area contributed by atoms with Crippen LogP contribution < -0.4 is 19.3 Å². The zero-order valence-electron chi connectivity index (χ0n) is 23.0. The SMILES string of the molecule is COc1c(Cl)ccc2sc(N3CCN(CCNC(=O)c4ccc(S(=O)(=O)N5CCc6ccccc65)cc4)CC3)nc12.Cl.